The lowest BCUT2D eigenvalue weighted by Crippen LogP contribution is -2.26. The van der Waals surface area contributed by atoms with Gasteiger partial charge >= 0.3 is 0 Å². The van der Waals surface area contributed by atoms with Gasteiger partial charge in [0.1, 0.15) is 22.6 Å². The van der Waals surface area contributed by atoms with Gasteiger partial charge in [0.05, 0.1) is 17.8 Å². The predicted octanol–water partition coefficient (Wildman–Crippen LogP) is 1.59. The molecule has 0 radical (unpaired) electrons. The first kappa shape index (κ1) is 15.8. The molecule has 3 rings (SSSR count). The van der Waals surface area contributed by atoms with E-state index in [1.54, 1.807) is 23.7 Å². The summed E-state index contributed by atoms with van der Waals surface area (Å²) in [6.07, 6.45) is 2.94. The van der Waals surface area contributed by atoms with Crippen LogP contribution in [0.3, 0.4) is 0 Å². The topological polar surface area (TPSA) is 103 Å². The number of thiophene rings is 1. The van der Waals surface area contributed by atoms with Crippen molar-refractivity contribution in [1.29, 1.82) is 0 Å². The van der Waals surface area contributed by atoms with Crippen LogP contribution in [0.1, 0.15) is 11.5 Å². The van der Waals surface area contributed by atoms with Crippen molar-refractivity contribution in [2.24, 2.45) is 0 Å². The molecule has 0 spiro atoms. The molecule has 0 amide bonds. The Hall–Kier alpha value is -2.04. The molecular weight excluding hydrogens is 338 g/mol. The Kier molecular flexibility index (Phi) is 4.28. The minimum Gasteiger partial charge on any atom is -0.361 e. The molecule has 0 saturated heterocycles. The summed E-state index contributed by atoms with van der Waals surface area (Å²) in [5.41, 5.74) is 1.59. The third kappa shape index (κ3) is 3.33. The molecule has 1 N–H and O–H groups in total. The number of hydrogen-bond acceptors (Lipinski definition) is 7. The van der Waals surface area contributed by atoms with E-state index in [1.165, 1.54) is 24.0 Å². The van der Waals surface area contributed by atoms with E-state index in [9.17, 15) is 8.42 Å². The maximum Gasteiger partial charge on any atom is 0.250 e. The van der Waals surface area contributed by atoms with Gasteiger partial charge in [-0.1, -0.05) is 5.16 Å². The molecule has 0 saturated carbocycles. The molecule has 3 heterocycles. The summed E-state index contributed by atoms with van der Waals surface area (Å²) in [4.78, 5) is 4.62. The lowest BCUT2D eigenvalue weighted by molar-refractivity contribution is 0.393. The summed E-state index contributed by atoms with van der Waals surface area (Å²) in [7, 11) is -3.55. The van der Waals surface area contributed by atoms with Crippen LogP contribution >= 0.6 is 11.3 Å². The number of aryl methyl sites for hydroxylation is 2. The molecule has 0 aliphatic carbocycles. The largest absolute Gasteiger partial charge is 0.361 e. The molecule has 3 aromatic heterocycles. The van der Waals surface area contributed by atoms with Crippen LogP contribution in [0.5, 0.6) is 0 Å². The van der Waals surface area contributed by atoms with E-state index in [4.69, 9.17) is 4.52 Å². The minimum absolute atomic E-state index is 0.240. The molecule has 3 aromatic rings. The first-order valence-corrected chi connectivity index (χ1v) is 9.12. The summed E-state index contributed by atoms with van der Waals surface area (Å²) < 4.78 is 34.2. The predicted molar refractivity (Wildman–Crippen MR) is 84.5 cm³/mol. The van der Waals surface area contributed by atoms with Crippen LogP contribution in [0.15, 0.2) is 33.5 Å². The second-order valence-electron chi connectivity index (χ2n) is 4.87. The number of rotatable bonds is 6. The Morgan fingerprint density at radius 3 is 2.83 bits per heavy atom. The lowest BCUT2D eigenvalue weighted by atomic mass is 10.2. The maximum absolute atomic E-state index is 12.3. The highest BCUT2D eigenvalue weighted by Gasteiger charge is 2.20. The number of hydrogen-bond donors (Lipinski definition) is 1. The van der Waals surface area contributed by atoms with Gasteiger partial charge in [-0.2, -0.15) is 5.10 Å². The Labute approximate surface area is 137 Å². The van der Waals surface area contributed by atoms with Crippen LogP contribution in [0.2, 0.25) is 0 Å². The Bertz CT molecular complexity index is 877. The molecule has 10 heteroatoms. The lowest BCUT2D eigenvalue weighted by Gasteiger charge is -2.04. The van der Waals surface area contributed by atoms with Crippen LogP contribution in [-0.4, -0.2) is 34.9 Å². The van der Waals surface area contributed by atoms with E-state index in [2.05, 4.69) is 20.0 Å². The fraction of sp³-hybridized carbons (Fsp3) is 0.308. The molecule has 0 aliphatic heterocycles. The maximum atomic E-state index is 12.3. The van der Waals surface area contributed by atoms with E-state index in [-0.39, 0.29) is 10.8 Å². The third-order valence-corrected chi connectivity index (χ3v) is 6.28. The summed E-state index contributed by atoms with van der Waals surface area (Å²) in [6, 6.07) is 3.35. The van der Waals surface area contributed by atoms with Gasteiger partial charge < -0.3 is 4.52 Å². The van der Waals surface area contributed by atoms with E-state index in [0.29, 0.717) is 12.3 Å². The number of aromatic nitrogens is 4. The van der Waals surface area contributed by atoms with Gasteiger partial charge in [0.25, 0.3) is 0 Å². The van der Waals surface area contributed by atoms with E-state index in [1.807, 2.05) is 6.92 Å². The molecule has 23 heavy (non-hydrogen) atoms. The summed E-state index contributed by atoms with van der Waals surface area (Å²) in [5.74, 6) is 0.674. The molecule has 0 unspecified atom stereocenters. The van der Waals surface area contributed by atoms with Crippen molar-refractivity contribution in [2.45, 2.75) is 24.6 Å². The molecular formula is C13H15N5O3S2. The van der Waals surface area contributed by atoms with Crippen molar-refractivity contribution < 1.29 is 12.9 Å². The zero-order valence-electron chi connectivity index (χ0n) is 12.6. The Morgan fingerprint density at radius 2 is 2.17 bits per heavy atom. The second-order valence-corrected chi connectivity index (χ2v) is 7.95. The van der Waals surface area contributed by atoms with Crippen molar-refractivity contribution in [3.05, 3.63) is 36.2 Å². The van der Waals surface area contributed by atoms with Gasteiger partial charge in [-0.25, -0.2) is 18.1 Å². The molecule has 0 fully saturated rings. The van der Waals surface area contributed by atoms with E-state index in [0.717, 1.165) is 16.1 Å². The van der Waals surface area contributed by atoms with Crippen molar-refractivity contribution in [3.63, 3.8) is 0 Å². The molecule has 0 bridgehead atoms. The van der Waals surface area contributed by atoms with Gasteiger partial charge in [-0.3, -0.25) is 4.68 Å². The van der Waals surface area contributed by atoms with Crippen molar-refractivity contribution >= 4 is 21.4 Å². The van der Waals surface area contributed by atoms with Gasteiger partial charge in [-0.15, -0.1) is 11.3 Å². The van der Waals surface area contributed by atoms with Gasteiger partial charge in [0.15, 0.2) is 0 Å². The first-order chi connectivity index (χ1) is 11.0. The molecule has 0 atom stereocenters. The SMILES string of the molecule is Cc1noc(C)c1-c1ccc(S(=O)(=O)NCCn2cncn2)s1. The number of nitrogens with one attached hydrogen (secondary N) is 1. The fourth-order valence-electron chi connectivity index (χ4n) is 2.15. The molecule has 0 aliphatic rings. The van der Waals surface area contributed by atoms with Gasteiger partial charge in [-0.05, 0) is 26.0 Å². The molecule has 8 nitrogen and oxygen atoms in total. The monoisotopic (exact) mass is 353 g/mol. The van der Waals surface area contributed by atoms with E-state index >= 15 is 0 Å². The van der Waals surface area contributed by atoms with E-state index < -0.39 is 10.0 Å². The zero-order valence-corrected chi connectivity index (χ0v) is 14.2. The third-order valence-electron chi connectivity index (χ3n) is 3.23. The van der Waals surface area contributed by atoms with Gasteiger partial charge in [0, 0.05) is 11.4 Å². The van der Waals surface area contributed by atoms with Crippen LogP contribution < -0.4 is 4.72 Å². The second kappa shape index (κ2) is 6.22. The first-order valence-electron chi connectivity index (χ1n) is 6.82. The quantitative estimate of drug-likeness (QED) is 0.722. The van der Waals surface area contributed by atoms with Crippen LogP contribution in [-0.2, 0) is 16.6 Å². The zero-order chi connectivity index (χ0) is 16.4. The van der Waals surface area contributed by atoms with Crippen molar-refractivity contribution in [1.82, 2.24) is 24.6 Å². The summed E-state index contributed by atoms with van der Waals surface area (Å²) >= 11 is 1.19. The fourth-order valence-corrected chi connectivity index (χ4v) is 4.66. The smallest absolute Gasteiger partial charge is 0.250 e. The number of sulfonamides is 1. The highest BCUT2D eigenvalue weighted by atomic mass is 32.2. The van der Waals surface area contributed by atoms with Crippen molar-refractivity contribution in [2.75, 3.05) is 6.54 Å². The van der Waals surface area contributed by atoms with Crippen LogP contribution in [0.4, 0.5) is 0 Å². The molecule has 122 valence electrons. The Morgan fingerprint density at radius 1 is 1.35 bits per heavy atom. The highest BCUT2D eigenvalue weighted by molar-refractivity contribution is 7.91. The normalized spacial score (nSPS) is 11.9. The number of nitrogens with zero attached hydrogens (tertiary/aromatic N) is 4. The highest BCUT2D eigenvalue weighted by Crippen LogP contribution is 2.34. The molecule has 0 aromatic carbocycles. The summed E-state index contributed by atoms with van der Waals surface area (Å²) in [5, 5.41) is 7.81. The minimum atomic E-state index is -3.55. The van der Waals surface area contributed by atoms with Crippen molar-refractivity contribution in [3.8, 4) is 10.4 Å². The van der Waals surface area contributed by atoms with Crippen LogP contribution in [0, 0.1) is 13.8 Å². The summed E-state index contributed by atoms with van der Waals surface area (Å²) in [6.45, 7) is 4.29. The Balaban J connectivity index is 1.73. The standard InChI is InChI=1S/C13H15N5O3S2/c1-9-13(10(2)21-17-9)11-3-4-12(22-11)23(19,20)16-5-6-18-8-14-7-15-18/h3-4,7-8,16H,5-6H2,1-2H3. The van der Waals surface area contributed by atoms with Crippen LogP contribution in [0.25, 0.3) is 10.4 Å². The van der Waals surface area contributed by atoms with Gasteiger partial charge in [0.2, 0.25) is 10.0 Å². The average molecular weight is 353 g/mol. The average Bonchev–Trinajstić information content (AvgIpc) is 3.21.